The molecule has 2 aromatic carbocycles. The highest BCUT2D eigenvalue weighted by atomic mass is 79.9. The molecule has 2 rings (SSSR count). The van der Waals surface area contributed by atoms with Gasteiger partial charge in [0, 0.05) is 10.0 Å². The Morgan fingerprint density at radius 1 is 1.21 bits per heavy atom. The molecule has 0 aliphatic carbocycles. The standard InChI is InChI=1S/C15H13BrClFO/c1-9-6-11(7-10(2)15(9)16)19-14-5-3-4-13(18)12(14)8-17/h3-7H,8H2,1-2H3. The van der Waals surface area contributed by atoms with E-state index < -0.39 is 0 Å². The zero-order valence-electron chi connectivity index (χ0n) is 10.6. The van der Waals surface area contributed by atoms with E-state index in [1.54, 1.807) is 12.1 Å². The molecule has 1 nitrogen and oxygen atoms in total. The maximum absolute atomic E-state index is 13.6. The van der Waals surface area contributed by atoms with E-state index in [0.29, 0.717) is 17.1 Å². The highest BCUT2D eigenvalue weighted by Gasteiger charge is 2.10. The van der Waals surface area contributed by atoms with E-state index in [1.165, 1.54) is 6.07 Å². The number of hydrogen-bond donors (Lipinski definition) is 0. The molecule has 0 unspecified atom stereocenters. The smallest absolute Gasteiger partial charge is 0.134 e. The molecule has 2 aromatic rings. The second-order valence-corrected chi connectivity index (χ2v) is 5.38. The lowest BCUT2D eigenvalue weighted by Gasteiger charge is -2.12. The van der Waals surface area contributed by atoms with Gasteiger partial charge in [0.2, 0.25) is 0 Å². The second kappa shape index (κ2) is 5.93. The largest absolute Gasteiger partial charge is 0.457 e. The molecule has 0 saturated heterocycles. The third-order valence-electron chi connectivity index (χ3n) is 2.85. The van der Waals surface area contributed by atoms with Gasteiger partial charge >= 0.3 is 0 Å². The van der Waals surface area contributed by atoms with Crippen molar-refractivity contribution in [1.29, 1.82) is 0 Å². The topological polar surface area (TPSA) is 9.23 Å². The Hall–Kier alpha value is -1.06. The fourth-order valence-electron chi connectivity index (χ4n) is 1.86. The van der Waals surface area contributed by atoms with Crippen LogP contribution in [0, 0.1) is 19.7 Å². The van der Waals surface area contributed by atoms with Crippen LogP contribution < -0.4 is 4.74 Å². The lowest BCUT2D eigenvalue weighted by atomic mass is 10.1. The van der Waals surface area contributed by atoms with Crippen molar-refractivity contribution < 1.29 is 9.13 Å². The summed E-state index contributed by atoms with van der Waals surface area (Å²) in [6, 6.07) is 8.51. The first-order valence-electron chi connectivity index (χ1n) is 5.81. The predicted octanol–water partition coefficient (Wildman–Crippen LogP) is 5.74. The lowest BCUT2D eigenvalue weighted by Crippen LogP contribution is -1.94. The Kier molecular flexibility index (Phi) is 4.48. The number of benzene rings is 2. The molecule has 0 radical (unpaired) electrons. The van der Waals surface area contributed by atoms with Crippen LogP contribution in [0.15, 0.2) is 34.8 Å². The predicted molar refractivity (Wildman–Crippen MR) is 79.6 cm³/mol. The molecule has 0 bridgehead atoms. The van der Waals surface area contributed by atoms with Crippen molar-refractivity contribution in [3.63, 3.8) is 0 Å². The molecule has 0 amide bonds. The second-order valence-electron chi connectivity index (χ2n) is 4.32. The Labute approximate surface area is 125 Å². The van der Waals surface area contributed by atoms with Crippen LogP contribution in [0.25, 0.3) is 0 Å². The maximum atomic E-state index is 13.6. The highest BCUT2D eigenvalue weighted by Crippen LogP contribution is 2.32. The van der Waals surface area contributed by atoms with E-state index in [9.17, 15) is 4.39 Å². The highest BCUT2D eigenvalue weighted by molar-refractivity contribution is 9.10. The number of alkyl halides is 1. The summed E-state index contributed by atoms with van der Waals surface area (Å²) in [4.78, 5) is 0. The summed E-state index contributed by atoms with van der Waals surface area (Å²) in [6.45, 7) is 3.97. The summed E-state index contributed by atoms with van der Waals surface area (Å²) in [5.41, 5.74) is 2.51. The van der Waals surface area contributed by atoms with Gasteiger partial charge in [-0.1, -0.05) is 22.0 Å². The monoisotopic (exact) mass is 342 g/mol. The van der Waals surface area contributed by atoms with Gasteiger partial charge in [0.05, 0.1) is 5.88 Å². The van der Waals surface area contributed by atoms with Gasteiger partial charge in [0.15, 0.2) is 0 Å². The Bertz CT molecular complexity index is 590. The number of aryl methyl sites for hydroxylation is 2. The first-order valence-corrected chi connectivity index (χ1v) is 7.13. The number of rotatable bonds is 3. The molecule has 0 aliphatic heterocycles. The molecule has 0 aliphatic rings. The van der Waals surface area contributed by atoms with Gasteiger partial charge in [-0.05, 0) is 49.2 Å². The number of ether oxygens (including phenoxy) is 1. The molecule has 0 fully saturated rings. The molecule has 0 aromatic heterocycles. The minimum atomic E-state index is -0.349. The Morgan fingerprint density at radius 2 is 1.84 bits per heavy atom. The molecule has 0 N–H and O–H groups in total. The van der Waals surface area contributed by atoms with Gasteiger partial charge in [-0.25, -0.2) is 4.39 Å². The summed E-state index contributed by atoms with van der Waals surface area (Å²) in [6.07, 6.45) is 0. The van der Waals surface area contributed by atoms with Crippen molar-refractivity contribution in [1.82, 2.24) is 0 Å². The molecule has 0 spiro atoms. The molecule has 100 valence electrons. The van der Waals surface area contributed by atoms with Crippen molar-refractivity contribution >= 4 is 27.5 Å². The van der Waals surface area contributed by atoms with E-state index >= 15 is 0 Å². The lowest BCUT2D eigenvalue weighted by molar-refractivity contribution is 0.469. The van der Waals surface area contributed by atoms with Crippen LogP contribution >= 0.6 is 27.5 Å². The van der Waals surface area contributed by atoms with Gasteiger partial charge < -0.3 is 4.74 Å². The summed E-state index contributed by atoms with van der Waals surface area (Å²) >= 11 is 9.27. The van der Waals surface area contributed by atoms with Gasteiger partial charge in [-0.15, -0.1) is 11.6 Å². The number of hydrogen-bond acceptors (Lipinski definition) is 1. The van der Waals surface area contributed by atoms with Crippen molar-refractivity contribution in [2.75, 3.05) is 0 Å². The maximum Gasteiger partial charge on any atom is 0.134 e. The summed E-state index contributed by atoms with van der Waals surface area (Å²) in [7, 11) is 0. The summed E-state index contributed by atoms with van der Waals surface area (Å²) < 4.78 is 20.4. The Balaban J connectivity index is 2.39. The molecule has 19 heavy (non-hydrogen) atoms. The van der Waals surface area contributed by atoms with E-state index in [4.69, 9.17) is 16.3 Å². The minimum Gasteiger partial charge on any atom is -0.457 e. The Morgan fingerprint density at radius 3 is 2.42 bits per heavy atom. The summed E-state index contributed by atoms with van der Waals surface area (Å²) in [5, 5.41) is 0. The summed E-state index contributed by atoms with van der Waals surface area (Å²) in [5.74, 6) is 0.862. The molecule has 0 heterocycles. The van der Waals surface area contributed by atoms with Crippen LogP contribution in [0.1, 0.15) is 16.7 Å². The van der Waals surface area contributed by atoms with Crippen molar-refractivity contribution in [2.24, 2.45) is 0 Å². The molecular weight excluding hydrogens is 331 g/mol. The average Bonchev–Trinajstić information content (AvgIpc) is 2.36. The van der Waals surface area contributed by atoms with Crippen LogP contribution in [0.5, 0.6) is 11.5 Å². The van der Waals surface area contributed by atoms with E-state index in [0.717, 1.165) is 15.6 Å². The molecule has 0 saturated carbocycles. The van der Waals surface area contributed by atoms with Crippen molar-refractivity contribution in [3.05, 3.63) is 57.3 Å². The van der Waals surface area contributed by atoms with Crippen molar-refractivity contribution in [3.8, 4) is 11.5 Å². The van der Waals surface area contributed by atoms with Gasteiger partial charge in [0.1, 0.15) is 17.3 Å². The van der Waals surface area contributed by atoms with Crippen LogP contribution in [-0.4, -0.2) is 0 Å². The normalized spacial score (nSPS) is 10.6. The van der Waals surface area contributed by atoms with Gasteiger partial charge in [-0.3, -0.25) is 0 Å². The van der Waals surface area contributed by atoms with Gasteiger partial charge in [-0.2, -0.15) is 0 Å². The quantitative estimate of drug-likeness (QED) is 0.646. The van der Waals surface area contributed by atoms with Crippen LogP contribution in [0.2, 0.25) is 0 Å². The SMILES string of the molecule is Cc1cc(Oc2cccc(F)c2CCl)cc(C)c1Br. The average molecular weight is 344 g/mol. The zero-order valence-corrected chi connectivity index (χ0v) is 13.0. The van der Waals surface area contributed by atoms with Crippen LogP contribution in [-0.2, 0) is 5.88 Å². The minimum absolute atomic E-state index is 0.0799. The van der Waals surface area contributed by atoms with E-state index in [1.807, 2.05) is 26.0 Å². The van der Waals surface area contributed by atoms with Gasteiger partial charge in [0.25, 0.3) is 0 Å². The van der Waals surface area contributed by atoms with E-state index in [-0.39, 0.29) is 11.7 Å². The fraction of sp³-hybridized carbons (Fsp3) is 0.200. The van der Waals surface area contributed by atoms with E-state index in [2.05, 4.69) is 15.9 Å². The number of halogens is 3. The third-order valence-corrected chi connectivity index (χ3v) is 4.37. The molecule has 4 heteroatoms. The van der Waals surface area contributed by atoms with Crippen molar-refractivity contribution in [2.45, 2.75) is 19.7 Å². The first-order chi connectivity index (χ1) is 9.02. The van der Waals surface area contributed by atoms with Crippen LogP contribution in [0.3, 0.4) is 0 Å². The third kappa shape index (κ3) is 3.10. The fourth-order valence-corrected chi connectivity index (χ4v) is 2.34. The first kappa shape index (κ1) is 14.4. The molecular formula is C15H13BrClFO. The molecule has 0 atom stereocenters. The zero-order chi connectivity index (χ0) is 14.0. The van der Waals surface area contributed by atoms with Crippen LogP contribution in [0.4, 0.5) is 4.39 Å².